The van der Waals surface area contributed by atoms with Crippen LogP contribution in [0.15, 0.2) is 0 Å². The number of hydrogen-bond acceptors (Lipinski definition) is 6. The zero-order valence-electron chi connectivity index (χ0n) is 18.1. The third kappa shape index (κ3) is 8.66. The second-order valence-electron chi connectivity index (χ2n) is 8.43. The van der Waals surface area contributed by atoms with Crippen LogP contribution in [-0.4, -0.2) is 57.6 Å². The van der Waals surface area contributed by atoms with E-state index in [0.717, 1.165) is 12.8 Å². The molecule has 30 heavy (non-hydrogen) atoms. The first-order chi connectivity index (χ1) is 14.2. The van der Waals surface area contributed by atoms with Gasteiger partial charge in [-0.1, -0.05) is 20.3 Å². The molecule has 172 valence electrons. The lowest BCUT2D eigenvalue weighted by Crippen LogP contribution is -2.47. The Hall–Kier alpha value is -2.20. The predicted octanol–water partition coefficient (Wildman–Crippen LogP) is 1.11. The molecule has 0 radical (unpaired) electrons. The van der Waals surface area contributed by atoms with E-state index in [1.165, 1.54) is 5.48 Å². The van der Waals surface area contributed by atoms with Gasteiger partial charge in [0.15, 0.2) is 0 Å². The van der Waals surface area contributed by atoms with Crippen LogP contribution in [0.2, 0.25) is 0 Å². The molecule has 4 amide bonds. The summed E-state index contributed by atoms with van der Waals surface area (Å²) < 4.78 is 0. The van der Waals surface area contributed by atoms with Gasteiger partial charge >= 0.3 is 0 Å². The number of rotatable bonds is 12. The minimum atomic E-state index is -0.619. The molecule has 0 aromatic carbocycles. The summed E-state index contributed by atoms with van der Waals surface area (Å²) in [6.07, 6.45) is 3.95. The van der Waals surface area contributed by atoms with E-state index in [-0.39, 0.29) is 36.6 Å². The Bertz CT molecular complexity index is 598. The summed E-state index contributed by atoms with van der Waals surface area (Å²) in [6.45, 7) is 6.48. The standard InChI is InChI=1S/C20H36N4O6/c1-13(2)12-15(20(28)24-11-5-8-16(24)19(27)23-30)7-4-6-14(3)21-17(25)9-10-18(26)22-29/h13-16,29-30H,4-12H2,1-3H3,(H,21,25)(H,22,26)(H,23,27). The summed E-state index contributed by atoms with van der Waals surface area (Å²) in [4.78, 5) is 49.3. The third-order valence-electron chi connectivity index (χ3n) is 5.35. The minimum absolute atomic E-state index is 0.00549. The summed E-state index contributed by atoms with van der Waals surface area (Å²) in [5.74, 6) is -1.37. The molecule has 0 aromatic rings. The van der Waals surface area contributed by atoms with Crippen molar-refractivity contribution >= 4 is 23.6 Å². The number of nitrogens with zero attached hydrogens (tertiary/aromatic N) is 1. The van der Waals surface area contributed by atoms with E-state index < -0.39 is 17.9 Å². The molecule has 5 N–H and O–H groups in total. The summed E-state index contributed by atoms with van der Waals surface area (Å²) in [7, 11) is 0. The van der Waals surface area contributed by atoms with Gasteiger partial charge in [0.1, 0.15) is 6.04 Å². The van der Waals surface area contributed by atoms with Crippen molar-refractivity contribution in [3.05, 3.63) is 0 Å². The minimum Gasteiger partial charge on any atom is -0.354 e. The zero-order chi connectivity index (χ0) is 22.7. The first-order valence-corrected chi connectivity index (χ1v) is 10.7. The number of hydroxylamine groups is 2. The lowest BCUT2D eigenvalue weighted by atomic mass is 9.90. The SMILES string of the molecule is CC(C)CC(CCCC(C)NC(=O)CCC(=O)NO)C(=O)N1CCCC1C(=O)NO. The Morgan fingerprint density at radius 3 is 2.27 bits per heavy atom. The maximum Gasteiger partial charge on any atom is 0.266 e. The zero-order valence-corrected chi connectivity index (χ0v) is 18.1. The molecule has 1 saturated heterocycles. The fourth-order valence-electron chi connectivity index (χ4n) is 3.90. The quantitative estimate of drug-likeness (QED) is 0.232. The van der Waals surface area contributed by atoms with Crippen LogP contribution >= 0.6 is 0 Å². The highest BCUT2D eigenvalue weighted by molar-refractivity contribution is 5.88. The van der Waals surface area contributed by atoms with Crippen LogP contribution < -0.4 is 16.3 Å². The van der Waals surface area contributed by atoms with Crippen LogP contribution in [0.5, 0.6) is 0 Å². The first kappa shape index (κ1) is 25.8. The van der Waals surface area contributed by atoms with Gasteiger partial charge in [0.25, 0.3) is 5.91 Å². The van der Waals surface area contributed by atoms with Gasteiger partial charge in [-0.25, -0.2) is 11.0 Å². The second kappa shape index (κ2) is 13.2. The highest BCUT2D eigenvalue weighted by Gasteiger charge is 2.37. The monoisotopic (exact) mass is 428 g/mol. The number of carbonyl (C=O) groups is 4. The van der Waals surface area contributed by atoms with Crippen molar-refractivity contribution in [1.29, 1.82) is 0 Å². The lowest BCUT2D eigenvalue weighted by molar-refractivity contribution is -0.145. The smallest absolute Gasteiger partial charge is 0.266 e. The van der Waals surface area contributed by atoms with Crippen LogP contribution in [0.1, 0.15) is 72.1 Å². The molecule has 1 fully saturated rings. The third-order valence-corrected chi connectivity index (χ3v) is 5.35. The summed E-state index contributed by atoms with van der Waals surface area (Å²) in [5.41, 5.74) is 3.15. The lowest BCUT2D eigenvalue weighted by Gasteiger charge is -2.29. The second-order valence-corrected chi connectivity index (χ2v) is 8.43. The molecule has 0 aromatic heterocycles. The van der Waals surface area contributed by atoms with Crippen molar-refractivity contribution in [2.45, 2.75) is 84.2 Å². The van der Waals surface area contributed by atoms with Crippen molar-refractivity contribution in [2.75, 3.05) is 6.54 Å². The van der Waals surface area contributed by atoms with Crippen LogP contribution in [0.25, 0.3) is 0 Å². The molecule has 0 spiro atoms. The molecule has 1 heterocycles. The van der Waals surface area contributed by atoms with Crippen molar-refractivity contribution in [1.82, 2.24) is 21.2 Å². The highest BCUT2D eigenvalue weighted by Crippen LogP contribution is 2.26. The van der Waals surface area contributed by atoms with Crippen LogP contribution in [0.3, 0.4) is 0 Å². The van der Waals surface area contributed by atoms with Gasteiger partial charge in [-0.05, 0) is 44.9 Å². The van der Waals surface area contributed by atoms with Gasteiger partial charge in [-0.15, -0.1) is 0 Å². The molecule has 0 aliphatic carbocycles. The summed E-state index contributed by atoms with van der Waals surface area (Å²) in [6, 6.07) is -0.726. The Morgan fingerprint density at radius 2 is 1.67 bits per heavy atom. The molecule has 0 saturated carbocycles. The van der Waals surface area contributed by atoms with E-state index in [4.69, 9.17) is 10.4 Å². The predicted molar refractivity (Wildman–Crippen MR) is 108 cm³/mol. The molecule has 3 unspecified atom stereocenters. The maximum absolute atomic E-state index is 13.1. The van der Waals surface area contributed by atoms with Crippen LogP contribution in [0.4, 0.5) is 0 Å². The maximum atomic E-state index is 13.1. The molecule has 10 nitrogen and oxygen atoms in total. The van der Waals surface area contributed by atoms with E-state index in [9.17, 15) is 19.2 Å². The van der Waals surface area contributed by atoms with Gasteiger partial charge < -0.3 is 10.2 Å². The van der Waals surface area contributed by atoms with E-state index >= 15 is 0 Å². The molecule has 10 heteroatoms. The number of likely N-dealkylation sites (tertiary alicyclic amines) is 1. The van der Waals surface area contributed by atoms with E-state index in [1.54, 1.807) is 10.4 Å². The average molecular weight is 429 g/mol. The molecule has 1 rings (SSSR count). The number of nitrogens with one attached hydrogen (secondary N) is 3. The number of hydrogen-bond donors (Lipinski definition) is 5. The normalized spacial score (nSPS) is 18.1. The molecule has 0 bridgehead atoms. The Labute approximate surface area is 177 Å². The number of amides is 4. The molecular weight excluding hydrogens is 392 g/mol. The Kier molecular flexibility index (Phi) is 11.3. The van der Waals surface area contributed by atoms with Crippen molar-refractivity contribution in [3.8, 4) is 0 Å². The Morgan fingerprint density at radius 1 is 1.00 bits per heavy atom. The topological polar surface area (TPSA) is 148 Å². The van der Waals surface area contributed by atoms with Gasteiger partial charge in [0.05, 0.1) is 0 Å². The largest absolute Gasteiger partial charge is 0.354 e. The van der Waals surface area contributed by atoms with E-state index in [0.29, 0.717) is 38.1 Å². The first-order valence-electron chi connectivity index (χ1n) is 10.7. The fraction of sp³-hybridized carbons (Fsp3) is 0.800. The van der Waals surface area contributed by atoms with Gasteiger partial charge in [0.2, 0.25) is 17.7 Å². The van der Waals surface area contributed by atoms with E-state index in [2.05, 4.69) is 5.32 Å². The highest BCUT2D eigenvalue weighted by atomic mass is 16.5. The Balaban J connectivity index is 2.54. The summed E-state index contributed by atoms with van der Waals surface area (Å²) >= 11 is 0. The van der Waals surface area contributed by atoms with Gasteiger partial charge in [-0.2, -0.15) is 0 Å². The molecular formula is C20H36N4O6. The van der Waals surface area contributed by atoms with Crippen molar-refractivity contribution in [2.24, 2.45) is 11.8 Å². The fourth-order valence-corrected chi connectivity index (χ4v) is 3.90. The average Bonchev–Trinajstić information content (AvgIpc) is 3.19. The van der Waals surface area contributed by atoms with Crippen LogP contribution in [-0.2, 0) is 19.2 Å². The molecule has 1 aliphatic heterocycles. The van der Waals surface area contributed by atoms with Gasteiger partial charge in [-0.3, -0.25) is 29.6 Å². The molecule has 1 aliphatic rings. The van der Waals surface area contributed by atoms with Crippen LogP contribution in [0, 0.1) is 11.8 Å². The van der Waals surface area contributed by atoms with Gasteiger partial charge in [0, 0.05) is 31.3 Å². The van der Waals surface area contributed by atoms with Crippen molar-refractivity contribution in [3.63, 3.8) is 0 Å². The molecule has 3 atom stereocenters. The van der Waals surface area contributed by atoms with E-state index in [1.807, 2.05) is 20.8 Å². The summed E-state index contributed by atoms with van der Waals surface area (Å²) in [5, 5.41) is 20.2. The number of carbonyl (C=O) groups excluding carboxylic acids is 4. The van der Waals surface area contributed by atoms with Crippen molar-refractivity contribution < 1.29 is 29.6 Å².